The van der Waals surface area contributed by atoms with Crippen LogP contribution in [0.2, 0.25) is 0 Å². The van der Waals surface area contributed by atoms with Gasteiger partial charge >= 0.3 is 0 Å². The molecule has 0 atom stereocenters. The number of benzene rings is 1. The Labute approximate surface area is 160 Å². The molecule has 0 N–H and O–H groups in total. The van der Waals surface area contributed by atoms with Crippen molar-refractivity contribution in [3.05, 3.63) is 35.4 Å². The van der Waals surface area contributed by atoms with Crippen molar-refractivity contribution in [3.63, 3.8) is 0 Å². The molecular weight excluding hydrogens is 320 g/mol. The summed E-state index contributed by atoms with van der Waals surface area (Å²) in [5.41, 5.74) is 3.33. The maximum absolute atomic E-state index is 10.5. The average molecular weight is 359 g/mol. The normalized spacial score (nSPS) is 15.7. The predicted molar refractivity (Wildman–Crippen MR) is 109 cm³/mol. The number of unbranched alkanes of at least 4 members (excludes halogenated alkanes) is 4. The minimum Gasteiger partial charge on any atom is -0.461 e. The van der Waals surface area contributed by atoms with Gasteiger partial charge in [0.05, 0.1) is 0 Å². The van der Waals surface area contributed by atoms with E-state index in [9.17, 15) is 4.79 Å². The van der Waals surface area contributed by atoms with Crippen LogP contribution in [0.25, 0.3) is 0 Å². The molecule has 0 aromatic heterocycles. The monoisotopic (exact) mass is 358 g/mol. The lowest BCUT2D eigenvalue weighted by molar-refractivity contribution is -0.135. The minimum absolute atomic E-state index is 0.0867. The zero-order chi connectivity index (χ0) is 18.9. The average Bonchev–Trinajstić information content (AvgIpc) is 3.34. The number of rotatable bonds is 13. The van der Waals surface area contributed by atoms with Crippen LogP contribution >= 0.6 is 0 Å². The maximum Gasteiger partial charge on any atom is 0.293 e. The lowest BCUT2D eigenvalue weighted by Crippen LogP contribution is -2.12. The summed E-state index contributed by atoms with van der Waals surface area (Å²) in [4.78, 5) is 10.5. The van der Waals surface area contributed by atoms with E-state index < -0.39 is 0 Å². The van der Waals surface area contributed by atoms with Gasteiger partial charge in [0.15, 0.2) is 0 Å². The van der Waals surface area contributed by atoms with Crippen molar-refractivity contribution in [3.8, 4) is 0 Å². The summed E-state index contributed by atoms with van der Waals surface area (Å²) in [7, 11) is 0. The topological polar surface area (TPSA) is 26.3 Å². The highest BCUT2D eigenvalue weighted by molar-refractivity contribution is 5.39. The molecule has 0 unspecified atom stereocenters. The van der Waals surface area contributed by atoms with E-state index in [0.717, 1.165) is 32.1 Å². The van der Waals surface area contributed by atoms with Gasteiger partial charge in [-0.15, -0.1) is 0 Å². The molecule has 0 saturated heterocycles. The van der Waals surface area contributed by atoms with Crippen molar-refractivity contribution < 1.29 is 9.53 Å². The molecule has 1 aromatic carbocycles. The summed E-state index contributed by atoms with van der Waals surface area (Å²) in [6.45, 7) is 7.62. The van der Waals surface area contributed by atoms with Crippen molar-refractivity contribution >= 4 is 6.47 Å². The standard InChI is InChI=1S/C24H38O2/c1-23(2,3)15-8-5-4-6-11-21-13-10-14-22(19-21)12-7-9-16-24(17-18-24)26-20-25/h10,13-14,19-20H,4-9,11-12,15-18H2,1-3H3. The fourth-order valence-electron chi connectivity index (χ4n) is 3.72. The summed E-state index contributed by atoms with van der Waals surface area (Å²) in [6, 6.07) is 9.13. The van der Waals surface area contributed by atoms with Gasteiger partial charge in [0.2, 0.25) is 0 Å². The zero-order valence-corrected chi connectivity index (χ0v) is 17.2. The van der Waals surface area contributed by atoms with Crippen LogP contribution in [0.5, 0.6) is 0 Å². The first-order valence-corrected chi connectivity index (χ1v) is 10.6. The molecule has 0 heterocycles. The van der Waals surface area contributed by atoms with E-state index in [0.29, 0.717) is 11.9 Å². The molecule has 1 aliphatic rings. The molecule has 1 aliphatic carbocycles. The van der Waals surface area contributed by atoms with Crippen molar-refractivity contribution in [2.24, 2.45) is 5.41 Å². The molecule has 0 aliphatic heterocycles. The molecule has 2 heteroatoms. The van der Waals surface area contributed by atoms with Gasteiger partial charge in [-0.05, 0) is 74.3 Å². The van der Waals surface area contributed by atoms with Crippen molar-refractivity contribution in [1.29, 1.82) is 0 Å². The van der Waals surface area contributed by atoms with Gasteiger partial charge in [-0.3, -0.25) is 4.79 Å². The quantitative estimate of drug-likeness (QED) is 0.292. The summed E-state index contributed by atoms with van der Waals surface area (Å²) < 4.78 is 5.22. The lowest BCUT2D eigenvalue weighted by atomic mass is 9.89. The van der Waals surface area contributed by atoms with Gasteiger partial charge in [-0.1, -0.05) is 64.3 Å². The van der Waals surface area contributed by atoms with Crippen molar-refractivity contribution in [2.45, 2.75) is 103 Å². The third kappa shape index (κ3) is 8.38. The van der Waals surface area contributed by atoms with E-state index in [4.69, 9.17) is 4.74 Å². The van der Waals surface area contributed by atoms with E-state index in [1.54, 1.807) is 0 Å². The molecule has 2 rings (SSSR count). The van der Waals surface area contributed by atoms with Crippen molar-refractivity contribution in [2.75, 3.05) is 0 Å². The van der Waals surface area contributed by atoms with Gasteiger partial charge in [-0.2, -0.15) is 0 Å². The third-order valence-electron chi connectivity index (χ3n) is 5.59. The maximum atomic E-state index is 10.5. The SMILES string of the molecule is CC(C)(C)CCCCCCc1cccc(CCCCC2(OC=O)CC2)c1. The number of ether oxygens (including phenoxy) is 1. The molecule has 0 bridgehead atoms. The summed E-state index contributed by atoms with van der Waals surface area (Å²) >= 11 is 0. The van der Waals surface area contributed by atoms with Gasteiger partial charge in [0, 0.05) is 0 Å². The van der Waals surface area contributed by atoms with Crippen LogP contribution in [0, 0.1) is 5.41 Å². The molecule has 1 fully saturated rings. The minimum atomic E-state index is -0.0867. The summed E-state index contributed by atoms with van der Waals surface area (Å²) in [5.74, 6) is 0. The van der Waals surface area contributed by atoms with Crippen LogP contribution in [0.15, 0.2) is 24.3 Å². The highest BCUT2D eigenvalue weighted by Crippen LogP contribution is 2.43. The second kappa shape index (κ2) is 10.1. The molecule has 0 radical (unpaired) electrons. The Kier molecular flexibility index (Phi) is 8.18. The number of aryl methyl sites for hydroxylation is 2. The molecule has 1 saturated carbocycles. The summed E-state index contributed by atoms with van der Waals surface area (Å²) in [5, 5.41) is 0. The molecule has 2 nitrogen and oxygen atoms in total. The van der Waals surface area contributed by atoms with Gasteiger partial charge in [-0.25, -0.2) is 0 Å². The molecule has 0 spiro atoms. The Hall–Kier alpha value is -1.31. The highest BCUT2D eigenvalue weighted by atomic mass is 16.5. The molecular formula is C24H38O2. The highest BCUT2D eigenvalue weighted by Gasteiger charge is 2.44. The van der Waals surface area contributed by atoms with Gasteiger partial charge in [0.25, 0.3) is 6.47 Å². The first-order valence-electron chi connectivity index (χ1n) is 10.6. The Bertz CT molecular complexity index is 537. The van der Waals surface area contributed by atoms with E-state index in [1.165, 1.54) is 56.1 Å². The van der Waals surface area contributed by atoms with E-state index >= 15 is 0 Å². The van der Waals surface area contributed by atoms with E-state index in [2.05, 4.69) is 45.0 Å². The molecule has 26 heavy (non-hydrogen) atoms. The predicted octanol–water partition coefficient (Wildman–Crippen LogP) is 6.64. The van der Waals surface area contributed by atoms with Crippen LogP contribution in [0.4, 0.5) is 0 Å². The molecule has 0 amide bonds. The Morgan fingerprint density at radius 3 is 2.15 bits per heavy atom. The number of carbonyl (C=O) groups is 1. The van der Waals surface area contributed by atoms with Crippen LogP contribution in [-0.2, 0) is 22.4 Å². The van der Waals surface area contributed by atoms with Crippen LogP contribution < -0.4 is 0 Å². The van der Waals surface area contributed by atoms with E-state index in [-0.39, 0.29) is 5.60 Å². The Morgan fingerprint density at radius 2 is 1.58 bits per heavy atom. The Morgan fingerprint density at radius 1 is 0.962 bits per heavy atom. The van der Waals surface area contributed by atoms with E-state index in [1.807, 2.05) is 0 Å². The van der Waals surface area contributed by atoms with Crippen LogP contribution in [0.1, 0.15) is 96.1 Å². The summed E-state index contributed by atoms with van der Waals surface area (Å²) in [6.07, 6.45) is 14.5. The fourth-order valence-corrected chi connectivity index (χ4v) is 3.72. The second-order valence-electron chi connectivity index (χ2n) is 9.40. The smallest absolute Gasteiger partial charge is 0.293 e. The third-order valence-corrected chi connectivity index (χ3v) is 5.59. The second-order valence-corrected chi connectivity index (χ2v) is 9.40. The van der Waals surface area contributed by atoms with Crippen LogP contribution in [-0.4, -0.2) is 12.1 Å². The van der Waals surface area contributed by atoms with Gasteiger partial charge < -0.3 is 4.74 Å². The fraction of sp³-hybridized carbons (Fsp3) is 0.708. The number of carbonyl (C=O) groups excluding carboxylic acids is 1. The van der Waals surface area contributed by atoms with Crippen LogP contribution in [0.3, 0.4) is 0 Å². The lowest BCUT2D eigenvalue weighted by Gasteiger charge is -2.17. The molecule has 146 valence electrons. The largest absolute Gasteiger partial charge is 0.461 e. The Balaban J connectivity index is 1.59. The number of hydrogen-bond acceptors (Lipinski definition) is 2. The van der Waals surface area contributed by atoms with Crippen molar-refractivity contribution in [1.82, 2.24) is 0 Å². The zero-order valence-electron chi connectivity index (χ0n) is 17.2. The number of hydrogen-bond donors (Lipinski definition) is 0. The first kappa shape index (κ1) is 21.0. The molecule has 1 aromatic rings. The van der Waals surface area contributed by atoms with Gasteiger partial charge in [0.1, 0.15) is 5.60 Å². The first-order chi connectivity index (χ1) is 12.4.